The van der Waals surface area contributed by atoms with E-state index in [1.807, 2.05) is 0 Å². The molecule has 0 aliphatic rings. The molecule has 2 N–H and O–H groups in total. The topological polar surface area (TPSA) is 66.9 Å². The average Bonchev–Trinajstić information content (AvgIpc) is 2.27. The standard InChI is InChI=1S/C11H8BrF3N2O/c12-9(10(17)18)4-7-2-1-6(5-16)3-8(7)11(13,14)15/h1-3,9H,4H2,(H2,17,18). The molecular formula is C11H8BrF3N2O. The number of alkyl halides is 4. The van der Waals surface area contributed by atoms with Crippen LogP contribution in [0.1, 0.15) is 16.7 Å². The van der Waals surface area contributed by atoms with Gasteiger partial charge in [0.25, 0.3) is 0 Å². The summed E-state index contributed by atoms with van der Waals surface area (Å²) in [6.07, 6.45) is -4.76. The zero-order valence-electron chi connectivity index (χ0n) is 8.96. The van der Waals surface area contributed by atoms with Gasteiger partial charge in [-0.25, -0.2) is 0 Å². The van der Waals surface area contributed by atoms with Gasteiger partial charge < -0.3 is 5.73 Å². The number of nitriles is 1. The lowest BCUT2D eigenvalue weighted by Crippen LogP contribution is -2.26. The van der Waals surface area contributed by atoms with Gasteiger partial charge in [0.1, 0.15) is 0 Å². The molecule has 7 heteroatoms. The second-order valence-corrected chi connectivity index (χ2v) is 4.66. The number of primary amides is 1. The summed E-state index contributed by atoms with van der Waals surface area (Å²) < 4.78 is 38.3. The van der Waals surface area contributed by atoms with E-state index >= 15 is 0 Å². The van der Waals surface area contributed by atoms with E-state index in [1.165, 1.54) is 12.1 Å². The van der Waals surface area contributed by atoms with E-state index in [0.29, 0.717) is 0 Å². The van der Waals surface area contributed by atoms with Gasteiger partial charge in [-0.2, -0.15) is 18.4 Å². The van der Waals surface area contributed by atoms with E-state index in [2.05, 4.69) is 15.9 Å². The number of rotatable bonds is 3. The maximum atomic E-state index is 12.8. The van der Waals surface area contributed by atoms with Crippen molar-refractivity contribution >= 4 is 21.8 Å². The molecule has 0 aliphatic heterocycles. The quantitative estimate of drug-likeness (QED) is 0.869. The molecule has 0 bridgehead atoms. The van der Waals surface area contributed by atoms with Gasteiger partial charge in [0.2, 0.25) is 5.91 Å². The van der Waals surface area contributed by atoms with Crippen LogP contribution in [0.3, 0.4) is 0 Å². The third-order valence-corrected chi connectivity index (χ3v) is 3.03. The fourth-order valence-electron chi connectivity index (χ4n) is 1.38. The predicted molar refractivity (Wildman–Crippen MR) is 61.8 cm³/mol. The molecule has 1 atom stereocenters. The summed E-state index contributed by atoms with van der Waals surface area (Å²) >= 11 is 2.91. The lowest BCUT2D eigenvalue weighted by atomic mass is 10.00. The van der Waals surface area contributed by atoms with Crippen molar-refractivity contribution in [2.75, 3.05) is 0 Å². The number of hydrogen-bond donors (Lipinski definition) is 1. The summed E-state index contributed by atoms with van der Waals surface area (Å²) in [6.45, 7) is 0. The molecule has 1 amide bonds. The first-order valence-electron chi connectivity index (χ1n) is 4.79. The van der Waals surface area contributed by atoms with Crippen LogP contribution in [0.5, 0.6) is 0 Å². The Morgan fingerprint density at radius 3 is 2.56 bits per heavy atom. The Hall–Kier alpha value is -1.55. The number of nitrogens with two attached hydrogens (primary N) is 1. The van der Waals surface area contributed by atoms with Crippen molar-refractivity contribution in [1.82, 2.24) is 0 Å². The molecule has 0 spiro atoms. The van der Waals surface area contributed by atoms with Crippen LogP contribution in [0.25, 0.3) is 0 Å². The normalized spacial score (nSPS) is 12.8. The smallest absolute Gasteiger partial charge is 0.369 e. The molecule has 96 valence electrons. The van der Waals surface area contributed by atoms with E-state index < -0.39 is 22.5 Å². The molecule has 0 heterocycles. The third-order valence-electron chi connectivity index (χ3n) is 2.25. The fourth-order valence-corrected chi connectivity index (χ4v) is 1.73. The number of amides is 1. The Balaban J connectivity index is 3.20. The molecular weight excluding hydrogens is 313 g/mol. The number of benzene rings is 1. The first kappa shape index (κ1) is 14.5. The molecule has 3 nitrogen and oxygen atoms in total. The SMILES string of the molecule is N#Cc1ccc(CC(Br)C(N)=O)c(C(F)(F)F)c1. The van der Waals surface area contributed by atoms with Gasteiger partial charge in [-0.15, -0.1) is 0 Å². The monoisotopic (exact) mass is 320 g/mol. The predicted octanol–water partition coefficient (Wildman–Crippen LogP) is 2.37. The van der Waals surface area contributed by atoms with E-state index in [1.54, 1.807) is 6.07 Å². The molecule has 0 aliphatic carbocycles. The highest BCUT2D eigenvalue weighted by Gasteiger charge is 2.34. The van der Waals surface area contributed by atoms with Gasteiger partial charge in [0.15, 0.2) is 0 Å². The van der Waals surface area contributed by atoms with Crippen LogP contribution in [0.15, 0.2) is 18.2 Å². The largest absolute Gasteiger partial charge is 0.416 e. The number of halogens is 4. The van der Waals surface area contributed by atoms with Gasteiger partial charge >= 0.3 is 6.18 Å². The summed E-state index contributed by atoms with van der Waals surface area (Å²) in [7, 11) is 0. The van der Waals surface area contributed by atoms with E-state index in [4.69, 9.17) is 11.0 Å². The Morgan fingerprint density at radius 1 is 1.50 bits per heavy atom. The molecule has 0 saturated carbocycles. The van der Waals surface area contributed by atoms with Gasteiger partial charge in [0, 0.05) is 0 Å². The maximum Gasteiger partial charge on any atom is 0.416 e. The maximum absolute atomic E-state index is 12.8. The highest BCUT2D eigenvalue weighted by Crippen LogP contribution is 2.33. The first-order chi connectivity index (χ1) is 8.25. The summed E-state index contributed by atoms with van der Waals surface area (Å²) in [6, 6.07) is 4.85. The first-order valence-corrected chi connectivity index (χ1v) is 5.71. The molecule has 18 heavy (non-hydrogen) atoms. The van der Waals surface area contributed by atoms with Crippen molar-refractivity contribution in [3.05, 3.63) is 34.9 Å². The van der Waals surface area contributed by atoms with Crippen LogP contribution < -0.4 is 5.73 Å². The zero-order chi connectivity index (χ0) is 13.9. The van der Waals surface area contributed by atoms with Gasteiger partial charge in [-0.3, -0.25) is 4.79 Å². The van der Waals surface area contributed by atoms with Crippen molar-refractivity contribution in [2.24, 2.45) is 5.73 Å². The molecule has 1 unspecified atom stereocenters. The molecule has 1 aromatic rings. The lowest BCUT2D eigenvalue weighted by molar-refractivity contribution is -0.138. The van der Waals surface area contributed by atoms with Crippen LogP contribution in [0, 0.1) is 11.3 Å². The van der Waals surface area contributed by atoms with Crippen LogP contribution in [-0.2, 0) is 17.4 Å². The molecule has 0 saturated heterocycles. The van der Waals surface area contributed by atoms with Crippen molar-refractivity contribution < 1.29 is 18.0 Å². The fraction of sp³-hybridized carbons (Fsp3) is 0.273. The second-order valence-electron chi connectivity index (χ2n) is 3.56. The number of carbonyl (C=O) groups is 1. The van der Waals surface area contributed by atoms with Crippen molar-refractivity contribution in [3.8, 4) is 6.07 Å². The van der Waals surface area contributed by atoms with Crippen molar-refractivity contribution in [2.45, 2.75) is 17.4 Å². The molecule has 0 aromatic heterocycles. The van der Waals surface area contributed by atoms with Gasteiger partial charge in [-0.05, 0) is 24.1 Å². The Morgan fingerprint density at radius 2 is 2.11 bits per heavy atom. The van der Waals surface area contributed by atoms with Gasteiger partial charge in [0.05, 0.1) is 22.0 Å². The van der Waals surface area contributed by atoms with Crippen molar-refractivity contribution in [3.63, 3.8) is 0 Å². The van der Waals surface area contributed by atoms with E-state index in [-0.39, 0.29) is 17.5 Å². The molecule has 1 rings (SSSR count). The second kappa shape index (κ2) is 5.40. The third kappa shape index (κ3) is 3.47. The minimum Gasteiger partial charge on any atom is -0.369 e. The van der Waals surface area contributed by atoms with Crippen LogP contribution in [0.2, 0.25) is 0 Å². The minimum atomic E-state index is -4.58. The highest BCUT2D eigenvalue weighted by atomic mass is 79.9. The number of hydrogen-bond acceptors (Lipinski definition) is 2. The lowest BCUT2D eigenvalue weighted by Gasteiger charge is -2.14. The molecule has 0 fully saturated rings. The Kier molecular flexibility index (Phi) is 4.35. The summed E-state index contributed by atoms with van der Waals surface area (Å²) in [4.78, 5) is 9.95. The number of nitrogens with zero attached hydrogens (tertiary/aromatic N) is 1. The highest BCUT2D eigenvalue weighted by molar-refractivity contribution is 9.10. The van der Waals surface area contributed by atoms with Gasteiger partial charge in [-0.1, -0.05) is 22.0 Å². The Bertz CT molecular complexity index is 508. The van der Waals surface area contributed by atoms with E-state index in [0.717, 1.165) is 6.07 Å². The average molecular weight is 321 g/mol. The summed E-state index contributed by atoms with van der Waals surface area (Å²) in [5, 5.41) is 8.59. The Labute approximate surface area is 110 Å². The molecule has 0 radical (unpaired) electrons. The van der Waals surface area contributed by atoms with Crippen LogP contribution in [0.4, 0.5) is 13.2 Å². The summed E-state index contributed by atoms with van der Waals surface area (Å²) in [5.74, 6) is -0.743. The molecule has 1 aromatic carbocycles. The van der Waals surface area contributed by atoms with Crippen molar-refractivity contribution in [1.29, 1.82) is 5.26 Å². The summed E-state index contributed by atoms with van der Waals surface area (Å²) in [5.41, 5.74) is 3.89. The van der Waals surface area contributed by atoms with Crippen LogP contribution >= 0.6 is 15.9 Å². The number of carbonyl (C=O) groups excluding carboxylic acids is 1. The zero-order valence-corrected chi connectivity index (χ0v) is 10.5. The van der Waals surface area contributed by atoms with Crippen LogP contribution in [-0.4, -0.2) is 10.7 Å². The minimum absolute atomic E-state index is 0.0813. The van der Waals surface area contributed by atoms with E-state index in [9.17, 15) is 18.0 Å².